The molecule has 7 heteroatoms. The number of aromatic nitrogens is 1. The van der Waals surface area contributed by atoms with Gasteiger partial charge in [-0.2, -0.15) is 0 Å². The average Bonchev–Trinajstić information content (AvgIpc) is 3.14. The first-order valence-corrected chi connectivity index (χ1v) is 8.78. The standard InChI is InChI=1S/C17H20N4O2S/c1-13(22)19-12-14-2-4-15(5-3-14)16(23)20-7-9-21(10-8-20)17-18-6-11-24-17/h2-6,11H,7-10,12H2,1H3,(H,19,22). The zero-order valence-corrected chi connectivity index (χ0v) is 14.4. The number of nitrogens with one attached hydrogen (secondary N) is 1. The monoisotopic (exact) mass is 344 g/mol. The van der Waals surface area contributed by atoms with Crippen LogP contribution in [-0.2, 0) is 11.3 Å². The van der Waals surface area contributed by atoms with E-state index in [1.165, 1.54) is 6.92 Å². The van der Waals surface area contributed by atoms with E-state index in [4.69, 9.17) is 0 Å². The summed E-state index contributed by atoms with van der Waals surface area (Å²) in [6.07, 6.45) is 1.81. The van der Waals surface area contributed by atoms with Crippen LogP contribution < -0.4 is 10.2 Å². The maximum absolute atomic E-state index is 12.6. The number of carbonyl (C=O) groups excluding carboxylic acids is 2. The summed E-state index contributed by atoms with van der Waals surface area (Å²) in [5.74, 6) is -0.00637. The normalized spacial score (nSPS) is 14.5. The number of piperazine rings is 1. The van der Waals surface area contributed by atoms with Crippen molar-refractivity contribution >= 4 is 28.3 Å². The molecule has 1 aliphatic rings. The van der Waals surface area contributed by atoms with E-state index in [0.717, 1.165) is 23.8 Å². The van der Waals surface area contributed by atoms with Gasteiger partial charge in [-0.25, -0.2) is 4.98 Å². The van der Waals surface area contributed by atoms with Crippen LogP contribution in [0.5, 0.6) is 0 Å². The van der Waals surface area contributed by atoms with Crippen LogP contribution >= 0.6 is 11.3 Å². The molecule has 2 aromatic rings. The highest BCUT2D eigenvalue weighted by Gasteiger charge is 2.23. The number of thiazole rings is 1. The quantitative estimate of drug-likeness (QED) is 0.918. The summed E-state index contributed by atoms with van der Waals surface area (Å²) in [5, 5.41) is 5.73. The summed E-state index contributed by atoms with van der Waals surface area (Å²) >= 11 is 1.63. The van der Waals surface area contributed by atoms with Crippen LogP contribution in [0.25, 0.3) is 0 Å². The van der Waals surface area contributed by atoms with Crippen molar-refractivity contribution < 1.29 is 9.59 Å². The van der Waals surface area contributed by atoms with E-state index in [1.807, 2.05) is 34.5 Å². The lowest BCUT2D eigenvalue weighted by Crippen LogP contribution is -2.48. The largest absolute Gasteiger partial charge is 0.352 e. The van der Waals surface area contributed by atoms with Gasteiger partial charge in [0.2, 0.25) is 5.91 Å². The lowest BCUT2D eigenvalue weighted by atomic mass is 10.1. The molecule has 24 heavy (non-hydrogen) atoms. The number of nitrogens with zero attached hydrogens (tertiary/aromatic N) is 3. The van der Waals surface area contributed by atoms with Crippen molar-refractivity contribution in [2.75, 3.05) is 31.1 Å². The van der Waals surface area contributed by atoms with Crippen LogP contribution in [0.4, 0.5) is 5.13 Å². The minimum atomic E-state index is -0.0618. The van der Waals surface area contributed by atoms with Gasteiger partial charge < -0.3 is 15.1 Å². The Kier molecular flexibility index (Phi) is 5.10. The Morgan fingerprint density at radius 1 is 1.17 bits per heavy atom. The molecule has 0 saturated carbocycles. The van der Waals surface area contributed by atoms with Gasteiger partial charge >= 0.3 is 0 Å². The Hall–Kier alpha value is -2.41. The summed E-state index contributed by atoms with van der Waals surface area (Å²) in [6.45, 7) is 4.98. The summed E-state index contributed by atoms with van der Waals surface area (Å²) in [6, 6.07) is 7.42. The number of benzene rings is 1. The molecule has 6 nitrogen and oxygen atoms in total. The van der Waals surface area contributed by atoms with Crippen LogP contribution in [0.2, 0.25) is 0 Å². The van der Waals surface area contributed by atoms with E-state index >= 15 is 0 Å². The molecule has 1 N–H and O–H groups in total. The second kappa shape index (κ2) is 7.44. The smallest absolute Gasteiger partial charge is 0.253 e. The maximum Gasteiger partial charge on any atom is 0.253 e. The summed E-state index contributed by atoms with van der Waals surface area (Å²) < 4.78 is 0. The highest BCUT2D eigenvalue weighted by atomic mass is 32.1. The Morgan fingerprint density at radius 2 is 1.88 bits per heavy atom. The number of anilines is 1. The second-order valence-corrected chi connectivity index (χ2v) is 6.57. The van der Waals surface area contributed by atoms with Gasteiger partial charge in [0.05, 0.1) is 0 Å². The van der Waals surface area contributed by atoms with Gasteiger partial charge in [0, 0.05) is 56.8 Å². The maximum atomic E-state index is 12.6. The third-order valence-electron chi connectivity index (χ3n) is 4.00. The summed E-state index contributed by atoms with van der Waals surface area (Å²) in [4.78, 5) is 31.9. The fourth-order valence-corrected chi connectivity index (χ4v) is 3.34. The highest BCUT2D eigenvalue weighted by Crippen LogP contribution is 2.19. The predicted molar refractivity (Wildman–Crippen MR) is 94.2 cm³/mol. The minimum Gasteiger partial charge on any atom is -0.352 e. The van der Waals surface area contributed by atoms with E-state index in [-0.39, 0.29) is 11.8 Å². The van der Waals surface area contributed by atoms with Crippen molar-refractivity contribution in [1.29, 1.82) is 0 Å². The lowest BCUT2D eigenvalue weighted by molar-refractivity contribution is -0.119. The number of hydrogen-bond donors (Lipinski definition) is 1. The zero-order chi connectivity index (χ0) is 16.9. The van der Waals surface area contributed by atoms with Gasteiger partial charge in [0.1, 0.15) is 0 Å². The van der Waals surface area contributed by atoms with Gasteiger partial charge in [0.25, 0.3) is 5.91 Å². The Labute approximate surface area is 145 Å². The molecule has 2 amide bonds. The molecule has 0 aliphatic carbocycles. The van der Waals surface area contributed by atoms with E-state index < -0.39 is 0 Å². The van der Waals surface area contributed by atoms with Crippen molar-refractivity contribution in [2.24, 2.45) is 0 Å². The van der Waals surface area contributed by atoms with E-state index in [0.29, 0.717) is 25.2 Å². The third kappa shape index (κ3) is 3.91. The van der Waals surface area contributed by atoms with Crippen LogP contribution in [0, 0.1) is 0 Å². The van der Waals surface area contributed by atoms with Crippen LogP contribution in [0.15, 0.2) is 35.8 Å². The molecule has 1 fully saturated rings. The van der Waals surface area contributed by atoms with Crippen LogP contribution in [0.3, 0.4) is 0 Å². The zero-order valence-electron chi connectivity index (χ0n) is 13.6. The Balaban J connectivity index is 1.56. The molecule has 0 radical (unpaired) electrons. The molecule has 1 saturated heterocycles. The van der Waals surface area contributed by atoms with Crippen molar-refractivity contribution in [3.63, 3.8) is 0 Å². The molecule has 3 rings (SSSR count). The number of hydrogen-bond acceptors (Lipinski definition) is 5. The molecule has 0 spiro atoms. The van der Waals surface area contributed by atoms with Crippen LogP contribution in [-0.4, -0.2) is 47.9 Å². The van der Waals surface area contributed by atoms with Gasteiger partial charge in [-0.1, -0.05) is 12.1 Å². The minimum absolute atomic E-state index is 0.0554. The topological polar surface area (TPSA) is 65.5 Å². The van der Waals surface area contributed by atoms with Gasteiger partial charge in [-0.3, -0.25) is 9.59 Å². The van der Waals surface area contributed by atoms with Gasteiger partial charge in [-0.05, 0) is 17.7 Å². The summed E-state index contributed by atoms with van der Waals surface area (Å²) in [5.41, 5.74) is 1.67. The third-order valence-corrected chi connectivity index (χ3v) is 4.83. The fraction of sp³-hybridized carbons (Fsp3) is 0.353. The molecular formula is C17H20N4O2S. The Bertz CT molecular complexity index is 692. The first kappa shape index (κ1) is 16.4. The average molecular weight is 344 g/mol. The SMILES string of the molecule is CC(=O)NCc1ccc(C(=O)N2CCN(c3nccs3)CC2)cc1. The molecule has 0 unspecified atom stereocenters. The van der Waals surface area contributed by atoms with Gasteiger partial charge in [0.15, 0.2) is 5.13 Å². The molecule has 126 valence electrons. The number of rotatable bonds is 4. The molecular weight excluding hydrogens is 324 g/mol. The fourth-order valence-electron chi connectivity index (χ4n) is 2.65. The number of carbonyl (C=O) groups is 2. The molecule has 1 aliphatic heterocycles. The first-order valence-electron chi connectivity index (χ1n) is 7.90. The van der Waals surface area contributed by atoms with Crippen molar-refractivity contribution in [3.8, 4) is 0 Å². The molecule has 1 aromatic heterocycles. The van der Waals surface area contributed by atoms with E-state index in [9.17, 15) is 9.59 Å². The predicted octanol–water partition coefficient (Wildman–Crippen LogP) is 1.74. The van der Waals surface area contributed by atoms with Crippen molar-refractivity contribution in [3.05, 3.63) is 47.0 Å². The van der Waals surface area contributed by atoms with Crippen molar-refractivity contribution in [1.82, 2.24) is 15.2 Å². The Morgan fingerprint density at radius 3 is 2.46 bits per heavy atom. The summed E-state index contributed by atoms with van der Waals surface area (Å²) in [7, 11) is 0. The van der Waals surface area contributed by atoms with Crippen LogP contribution in [0.1, 0.15) is 22.8 Å². The first-order chi connectivity index (χ1) is 11.6. The molecule has 2 heterocycles. The second-order valence-electron chi connectivity index (χ2n) is 5.70. The molecule has 0 atom stereocenters. The van der Waals surface area contributed by atoms with Crippen molar-refractivity contribution in [2.45, 2.75) is 13.5 Å². The van der Waals surface area contributed by atoms with E-state index in [2.05, 4.69) is 15.2 Å². The van der Waals surface area contributed by atoms with Gasteiger partial charge in [-0.15, -0.1) is 11.3 Å². The molecule has 1 aromatic carbocycles. The molecule has 0 bridgehead atoms. The number of amides is 2. The highest BCUT2D eigenvalue weighted by molar-refractivity contribution is 7.13. The van der Waals surface area contributed by atoms with E-state index in [1.54, 1.807) is 17.5 Å². The lowest BCUT2D eigenvalue weighted by Gasteiger charge is -2.34.